The monoisotopic (exact) mass is 369 g/mol. The van der Waals surface area contributed by atoms with Crippen LogP contribution in [0.15, 0.2) is 42.7 Å². The van der Waals surface area contributed by atoms with Gasteiger partial charge in [0.05, 0.1) is 13.2 Å². The summed E-state index contributed by atoms with van der Waals surface area (Å²) in [7, 11) is 0. The first-order valence-electron chi connectivity index (χ1n) is 9.49. The summed E-state index contributed by atoms with van der Waals surface area (Å²) in [6.45, 7) is 5.58. The highest BCUT2D eigenvalue weighted by atomic mass is 16.5. The lowest BCUT2D eigenvalue weighted by molar-refractivity contribution is 0.0383. The Balaban J connectivity index is 1.38. The molecule has 1 saturated heterocycles. The first-order valence-corrected chi connectivity index (χ1v) is 9.49. The lowest BCUT2D eigenvalue weighted by Crippen LogP contribution is -2.41. The molecular weight excluding hydrogens is 342 g/mol. The van der Waals surface area contributed by atoms with E-state index in [0.717, 1.165) is 52.2 Å². The van der Waals surface area contributed by atoms with E-state index in [4.69, 9.17) is 4.74 Å². The van der Waals surface area contributed by atoms with E-state index in [9.17, 15) is 4.79 Å². The van der Waals surface area contributed by atoms with Crippen LogP contribution in [0, 0.1) is 0 Å². The highest BCUT2D eigenvalue weighted by molar-refractivity contribution is 5.92. The molecule has 2 heterocycles. The third-order valence-corrected chi connectivity index (χ3v) is 4.51. The first-order chi connectivity index (χ1) is 13.3. The normalized spacial score (nSPS) is 14.7. The average Bonchev–Trinajstić information content (AvgIpc) is 2.73. The molecule has 144 valence electrons. The first kappa shape index (κ1) is 19.3. The molecule has 1 aromatic heterocycles. The van der Waals surface area contributed by atoms with Gasteiger partial charge in [-0.15, -0.1) is 0 Å². The van der Waals surface area contributed by atoms with Crippen LogP contribution in [0.1, 0.15) is 22.5 Å². The molecule has 0 atom stereocenters. The van der Waals surface area contributed by atoms with Gasteiger partial charge in [0.2, 0.25) is 0 Å². The fourth-order valence-corrected chi connectivity index (χ4v) is 2.97. The molecule has 0 radical (unpaired) electrons. The number of morpholine rings is 1. The summed E-state index contributed by atoms with van der Waals surface area (Å²) in [5.74, 6) is 0.509. The van der Waals surface area contributed by atoms with Crippen LogP contribution in [-0.2, 0) is 11.2 Å². The predicted octanol–water partition coefficient (Wildman–Crippen LogP) is 1.58. The highest BCUT2D eigenvalue weighted by Crippen LogP contribution is 2.06. The number of aryl methyl sites for hydroxylation is 1. The molecule has 3 rings (SSSR count). The summed E-state index contributed by atoms with van der Waals surface area (Å²) >= 11 is 0. The Morgan fingerprint density at radius 2 is 1.93 bits per heavy atom. The van der Waals surface area contributed by atoms with Gasteiger partial charge < -0.3 is 15.4 Å². The number of carbonyl (C=O) groups is 1. The van der Waals surface area contributed by atoms with Crippen LogP contribution in [0.5, 0.6) is 0 Å². The minimum Gasteiger partial charge on any atom is -0.379 e. The predicted molar refractivity (Wildman–Crippen MR) is 105 cm³/mol. The molecule has 1 aliphatic heterocycles. The van der Waals surface area contributed by atoms with Crippen molar-refractivity contribution in [3.63, 3.8) is 0 Å². The van der Waals surface area contributed by atoms with E-state index < -0.39 is 0 Å². The third kappa shape index (κ3) is 6.62. The van der Waals surface area contributed by atoms with Gasteiger partial charge >= 0.3 is 0 Å². The standard InChI is InChI=1S/C20H27N5O2/c26-20(22-9-10-25-11-13-27-14-12-25)18-15-19(24-16-23-18)21-8-4-7-17-5-2-1-3-6-17/h1-3,5-6,15-16H,4,7-14H2,(H,22,26)(H,21,23,24). The maximum Gasteiger partial charge on any atom is 0.270 e. The summed E-state index contributed by atoms with van der Waals surface area (Å²) in [4.78, 5) is 22.8. The second-order valence-electron chi connectivity index (χ2n) is 6.51. The van der Waals surface area contributed by atoms with Gasteiger partial charge in [0.25, 0.3) is 5.91 Å². The second-order valence-corrected chi connectivity index (χ2v) is 6.51. The van der Waals surface area contributed by atoms with Gasteiger partial charge in [-0.2, -0.15) is 0 Å². The lowest BCUT2D eigenvalue weighted by Gasteiger charge is -2.26. The minimum atomic E-state index is -0.169. The van der Waals surface area contributed by atoms with E-state index >= 15 is 0 Å². The van der Waals surface area contributed by atoms with Crippen molar-refractivity contribution in [3.8, 4) is 0 Å². The van der Waals surface area contributed by atoms with Gasteiger partial charge in [0, 0.05) is 38.8 Å². The van der Waals surface area contributed by atoms with E-state index in [-0.39, 0.29) is 5.91 Å². The molecule has 1 aromatic carbocycles. The number of benzene rings is 1. The van der Waals surface area contributed by atoms with Crippen LogP contribution < -0.4 is 10.6 Å². The van der Waals surface area contributed by atoms with Gasteiger partial charge in [-0.3, -0.25) is 9.69 Å². The zero-order valence-electron chi connectivity index (χ0n) is 15.6. The summed E-state index contributed by atoms with van der Waals surface area (Å²) < 4.78 is 5.32. The number of hydrogen-bond acceptors (Lipinski definition) is 6. The third-order valence-electron chi connectivity index (χ3n) is 4.51. The fraction of sp³-hybridized carbons (Fsp3) is 0.450. The molecule has 1 fully saturated rings. The van der Waals surface area contributed by atoms with Crippen molar-refractivity contribution < 1.29 is 9.53 Å². The molecule has 1 amide bonds. The quantitative estimate of drug-likeness (QED) is 0.654. The molecule has 27 heavy (non-hydrogen) atoms. The SMILES string of the molecule is O=C(NCCN1CCOCC1)c1cc(NCCCc2ccccc2)ncn1. The largest absolute Gasteiger partial charge is 0.379 e. The van der Waals surface area contributed by atoms with E-state index in [1.54, 1.807) is 6.07 Å². The molecular formula is C20H27N5O2. The molecule has 0 aliphatic carbocycles. The number of rotatable bonds is 9. The van der Waals surface area contributed by atoms with Crippen molar-refractivity contribution in [2.75, 3.05) is 51.3 Å². The van der Waals surface area contributed by atoms with Gasteiger partial charge in [-0.05, 0) is 18.4 Å². The molecule has 1 aliphatic rings. The van der Waals surface area contributed by atoms with Crippen molar-refractivity contribution in [2.24, 2.45) is 0 Å². The Hall–Kier alpha value is -2.51. The van der Waals surface area contributed by atoms with Crippen LogP contribution in [0.25, 0.3) is 0 Å². The van der Waals surface area contributed by atoms with Gasteiger partial charge in [0.1, 0.15) is 17.8 Å². The number of ether oxygens (including phenoxy) is 1. The van der Waals surface area contributed by atoms with Crippen LogP contribution in [0.3, 0.4) is 0 Å². The summed E-state index contributed by atoms with van der Waals surface area (Å²) in [5.41, 5.74) is 1.71. The van der Waals surface area contributed by atoms with Crippen molar-refractivity contribution in [1.29, 1.82) is 0 Å². The number of anilines is 1. The van der Waals surface area contributed by atoms with Crippen molar-refractivity contribution in [2.45, 2.75) is 12.8 Å². The Bertz CT molecular complexity index is 705. The van der Waals surface area contributed by atoms with E-state index in [1.807, 2.05) is 6.07 Å². The van der Waals surface area contributed by atoms with E-state index in [2.05, 4.69) is 49.8 Å². The second kappa shape index (κ2) is 10.6. The van der Waals surface area contributed by atoms with Crippen molar-refractivity contribution in [3.05, 3.63) is 54.0 Å². The highest BCUT2D eigenvalue weighted by Gasteiger charge is 2.12. The molecule has 0 bridgehead atoms. The minimum absolute atomic E-state index is 0.169. The fourth-order valence-electron chi connectivity index (χ4n) is 2.97. The summed E-state index contributed by atoms with van der Waals surface area (Å²) in [6, 6.07) is 12.1. The lowest BCUT2D eigenvalue weighted by atomic mass is 10.1. The molecule has 7 nitrogen and oxygen atoms in total. The van der Waals surface area contributed by atoms with Crippen LogP contribution >= 0.6 is 0 Å². The van der Waals surface area contributed by atoms with Crippen molar-refractivity contribution in [1.82, 2.24) is 20.2 Å². The van der Waals surface area contributed by atoms with Gasteiger partial charge in [0.15, 0.2) is 0 Å². The maximum atomic E-state index is 12.3. The van der Waals surface area contributed by atoms with Gasteiger partial charge in [-0.1, -0.05) is 30.3 Å². The van der Waals surface area contributed by atoms with Crippen molar-refractivity contribution >= 4 is 11.7 Å². The Kier molecular flexibility index (Phi) is 7.56. The van der Waals surface area contributed by atoms with E-state index in [1.165, 1.54) is 11.9 Å². The van der Waals surface area contributed by atoms with Crippen LogP contribution in [0.2, 0.25) is 0 Å². The topological polar surface area (TPSA) is 79.4 Å². The van der Waals surface area contributed by atoms with Gasteiger partial charge in [-0.25, -0.2) is 9.97 Å². The number of aromatic nitrogens is 2. The molecule has 2 aromatic rings. The van der Waals surface area contributed by atoms with E-state index in [0.29, 0.717) is 18.1 Å². The molecule has 0 spiro atoms. The molecule has 0 unspecified atom stereocenters. The number of carbonyl (C=O) groups excluding carboxylic acids is 1. The molecule has 0 saturated carbocycles. The zero-order valence-corrected chi connectivity index (χ0v) is 15.6. The Morgan fingerprint density at radius 3 is 2.74 bits per heavy atom. The Morgan fingerprint density at radius 1 is 1.11 bits per heavy atom. The summed E-state index contributed by atoms with van der Waals surface area (Å²) in [6.07, 6.45) is 3.43. The maximum absolute atomic E-state index is 12.3. The Labute approximate surface area is 160 Å². The smallest absolute Gasteiger partial charge is 0.270 e. The number of nitrogens with one attached hydrogen (secondary N) is 2. The number of amides is 1. The van der Waals surface area contributed by atoms with Crippen LogP contribution in [-0.4, -0.2) is 66.7 Å². The number of nitrogens with zero attached hydrogens (tertiary/aromatic N) is 3. The van der Waals surface area contributed by atoms with Crippen LogP contribution in [0.4, 0.5) is 5.82 Å². The average molecular weight is 369 g/mol. The molecule has 2 N–H and O–H groups in total. The molecule has 7 heteroatoms. The zero-order chi connectivity index (χ0) is 18.7. The number of hydrogen-bond donors (Lipinski definition) is 2. The summed E-state index contributed by atoms with van der Waals surface area (Å²) in [5, 5.41) is 6.19.